The molecule has 70 valence electrons. The number of nitrogens with two attached hydrogens (primary N) is 1. The fourth-order valence-corrected chi connectivity index (χ4v) is 0.926. The molecule has 0 aromatic carbocycles. The summed E-state index contributed by atoms with van der Waals surface area (Å²) in [6.45, 7) is 0.412. The van der Waals surface area contributed by atoms with E-state index in [2.05, 4.69) is 10.5 Å². The average molecular weight is 191 g/mol. The van der Waals surface area contributed by atoms with Gasteiger partial charge in [-0.15, -0.1) is 0 Å². The number of nitrogens with zero attached hydrogens (tertiary/aromatic N) is 1. The topological polar surface area (TPSA) is 87.7 Å². The molecule has 0 rings (SSSR count). The number of rotatable bonds is 5. The highest BCUT2D eigenvalue weighted by atomic mass is 32.2. The van der Waals surface area contributed by atoms with E-state index in [0.717, 1.165) is 0 Å². The summed E-state index contributed by atoms with van der Waals surface area (Å²) >= 11 is 1.45. The number of thioether (sulfide) groups is 1. The Bertz CT molecular complexity index is 172. The largest absolute Gasteiger partial charge is 0.409 e. The average Bonchev–Trinajstić information content (AvgIpc) is 2.04. The zero-order valence-corrected chi connectivity index (χ0v) is 7.73. The van der Waals surface area contributed by atoms with Crippen molar-refractivity contribution in [2.75, 3.05) is 18.6 Å². The van der Waals surface area contributed by atoms with Crippen molar-refractivity contribution in [2.45, 2.75) is 6.42 Å². The smallest absolute Gasteiger partial charge is 0.229 e. The molecule has 0 spiro atoms. The van der Waals surface area contributed by atoms with Crippen LogP contribution in [0.2, 0.25) is 0 Å². The van der Waals surface area contributed by atoms with Gasteiger partial charge in [0.1, 0.15) is 5.84 Å². The van der Waals surface area contributed by atoms with Crippen LogP contribution in [0, 0.1) is 0 Å². The molecule has 0 aliphatic heterocycles. The fraction of sp³-hybridized carbons (Fsp3) is 0.667. The Morgan fingerprint density at radius 1 is 1.75 bits per heavy atom. The van der Waals surface area contributed by atoms with Gasteiger partial charge in [0.25, 0.3) is 0 Å². The maximum absolute atomic E-state index is 10.8. The summed E-state index contributed by atoms with van der Waals surface area (Å²) in [6, 6.07) is 0. The lowest BCUT2D eigenvalue weighted by molar-refractivity contribution is -0.118. The minimum absolute atomic E-state index is 0.0340. The van der Waals surface area contributed by atoms with Crippen LogP contribution in [0.4, 0.5) is 0 Å². The number of oxime groups is 1. The van der Waals surface area contributed by atoms with Gasteiger partial charge in [0, 0.05) is 13.0 Å². The van der Waals surface area contributed by atoms with Crippen molar-refractivity contribution in [3.05, 3.63) is 0 Å². The Balaban J connectivity index is 3.37. The first-order chi connectivity index (χ1) is 5.70. The molecule has 0 saturated heterocycles. The van der Waals surface area contributed by atoms with Crippen molar-refractivity contribution >= 4 is 23.5 Å². The quantitative estimate of drug-likeness (QED) is 0.239. The molecule has 0 aromatic rings. The summed E-state index contributed by atoms with van der Waals surface area (Å²) in [4.78, 5) is 10.8. The number of carbonyl (C=O) groups excluding carboxylic acids is 1. The zero-order chi connectivity index (χ0) is 9.40. The molecule has 0 unspecified atom stereocenters. The van der Waals surface area contributed by atoms with Crippen molar-refractivity contribution in [3.63, 3.8) is 0 Å². The molecule has 0 aliphatic carbocycles. The van der Waals surface area contributed by atoms with Crippen LogP contribution in [0.1, 0.15) is 6.42 Å². The highest BCUT2D eigenvalue weighted by molar-refractivity contribution is 7.99. The fourth-order valence-electron chi connectivity index (χ4n) is 0.562. The Hall–Kier alpha value is -0.910. The lowest BCUT2D eigenvalue weighted by atomic mass is 10.4. The van der Waals surface area contributed by atoms with Crippen LogP contribution < -0.4 is 11.1 Å². The lowest BCUT2D eigenvalue weighted by Crippen LogP contribution is -2.29. The first-order valence-electron chi connectivity index (χ1n) is 3.42. The van der Waals surface area contributed by atoms with Gasteiger partial charge in [-0.25, -0.2) is 0 Å². The monoisotopic (exact) mass is 191 g/mol. The molecule has 0 radical (unpaired) electrons. The standard InChI is InChI=1S/C6H13N3O2S/c1-12-4-6(10)8-3-2-5(7)9-11/h11H,2-4H2,1H3,(H2,7,9)(H,8,10). The minimum atomic E-state index is -0.0340. The van der Waals surface area contributed by atoms with Gasteiger partial charge >= 0.3 is 0 Å². The third-order valence-corrected chi connectivity index (χ3v) is 1.66. The van der Waals surface area contributed by atoms with Gasteiger partial charge in [0.05, 0.1) is 5.75 Å². The summed E-state index contributed by atoms with van der Waals surface area (Å²) < 4.78 is 0. The van der Waals surface area contributed by atoms with Crippen molar-refractivity contribution < 1.29 is 10.0 Å². The van der Waals surface area contributed by atoms with Crippen LogP contribution in [-0.2, 0) is 4.79 Å². The van der Waals surface area contributed by atoms with E-state index in [4.69, 9.17) is 10.9 Å². The van der Waals surface area contributed by atoms with Gasteiger partial charge in [-0.1, -0.05) is 5.16 Å². The normalized spacial score (nSPS) is 11.2. The summed E-state index contributed by atoms with van der Waals surface area (Å²) in [5, 5.41) is 13.5. The predicted octanol–water partition coefficient (Wildman–Crippen LogP) is -0.398. The van der Waals surface area contributed by atoms with E-state index in [9.17, 15) is 4.79 Å². The zero-order valence-electron chi connectivity index (χ0n) is 6.91. The highest BCUT2D eigenvalue weighted by Gasteiger charge is 1.98. The van der Waals surface area contributed by atoms with Gasteiger partial charge in [0.2, 0.25) is 5.91 Å². The number of hydrogen-bond donors (Lipinski definition) is 3. The predicted molar refractivity (Wildman–Crippen MR) is 49.4 cm³/mol. The second kappa shape index (κ2) is 6.78. The second-order valence-electron chi connectivity index (χ2n) is 2.12. The number of hydrogen-bond acceptors (Lipinski definition) is 4. The SMILES string of the molecule is CSCC(=O)NCCC(N)=NO. The third-order valence-electron chi connectivity index (χ3n) is 1.11. The second-order valence-corrected chi connectivity index (χ2v) is 2.99. The molecule has 0 fully saturated rings. The van der Waals surface area contributed by atoms with Crippen LogP contribution in [0.5, 0.6) is 0 Å². The molecule has 1 amide bonds. The molecule has 0 heterocycles. The van der Waals surface area contributed by atoms with Crippen molar-refractivity contribution in [1.82, 2.24) is 5.32 Å². The number of amides is 1. The summed E-state index contributed by atoms with van der Waals surface area (Å²) in [5.74, 6) is 0.531. The van der Waals surface area contributed by atoms with Crippen LogP contribution in [0.25, 0.3) is 0 Å². The van der Waals surface area contributed by atoms with Crippen LogP contribution in [0.3, 0.4) is 0 Å². The van der Waals surface area contributed by atoms with Crippen LogP contribution >= 0.6 is 11.8 Å². The maximum atomic E-state index is 10.8. The van der Waals surface area contributed by atoms with Gasteiger partial charge < -0.3 is 16.3 Å². The van der Waals surface area contributed by atoms with E-state index in [0.29, 0.717) is 18.7 Å². The maximum Gasteiger partial charge on any atom is 0.229 e. The van der Waals surface area contributed by atoms with Crippen LogP contribution in [-0.4, -0.2) is 35.5 Å². The molecule has 0 aromatic heterocycles. The Morgan fingerprint density at radius 2 is 2.42 bits per heavy atom. The number of nitrogens with one attached hydrogen (secondary N) is 1. The molecule has 5 nitrogen and oxygen atoms in total. The summed E-state index contributed by atoms with van der Waals surface area (Å²) in [5.41, 5.74) is 5.18. The van der Waals surface area contributed by atoms with Gasteiger partial charge in [-0.2, -0.15) is 11.8 Å². The third kappa shape index (κ3) is 5.84. The number of amidine groups is 1. The minimum Gasteiger partial charge on any atom is -0.409 e. The van der Waals surface area contributed by atoms with Crippen molar-refractivity contribution in [2.24, 2.45) is 10.9 Å². The Kier molecular flexibility index (Phi) is 6.26. The van der Waals surface area contributed by atoms with Crippen LogP contribution in [0.15, 0.2) is 5.16 Å². The van der Waals surface area contributed by atoms with E-state index in [-0.39, 0.29) is 11.7 Å². The van der Waals surface area contributed by atoms with E-state index < -0.39 is 0 Å². The Labute approximate surface area is 75.4 Å². The molecule has 0 bridgehead atoms. The lowest BCUT2D eigenvalue weighted by Gasteiger charge is -2.01. The van der Waals surface area contributed by atoms with Crippen molar-refractivity contribution in [3.8, 4) is 0 Å². The van der Waals surface area contributed by atoms with E-state index in [1.165, 1.54) is 11.8 Å². The molecular formula is C6H13N3O2S. The molecule has 12 heavy (non-hydrogen) atoms. The first kappa shape index (κ1) is 11.1. The van der Waals surface area contributed by atoms with Gasteiger partial charge in [-0.05, 0) is 6.26 Å². The molecule has 6 heteroatoms. The molecule has 0 saturated carbocycles. The van der Waals surface area contributed by atoms with Crippen molar-refractivity contribution in [1.29, 1.82) is 0 Å². The summed E-state index contributed by atoms with van der Waals surface area (Å²) in [7, 11) is 0. The summed E-state index contributed by atoms with van der Waals surface area (Å²) in [6.07, 6.45) is 2.22. The van der Waals surface area contributed by atoms with Gasteiger partial charge in [-0.3, -0.25) is 4.79 Å². The molecular weight excluding hydrogens is 178 g/mol. The molecule has 0 atom stereocenters. The Morgan fingerprint density at radius 3 is 2.92 bits per heavy atom. The first-order valence-corrected chi connectivity index (χ1v) is 4.82. The molecule has 0 aliphatic rings. The highest BCUT2D eigenvalue weighted by Crippen LogP contribution is 1.89. The molecule has 4 N–H and O–H groups in total. The van der Waals surface area contributed by atoms with E-state index >= 15 is 0 Å². The number of carbonyl (C=O) groups is 1. The van der Waals surface area contributed by atoms with Gasteiger partial charge in [0.15, 0.2) is 0 Å². The van der Waals surface area contributed by atoms with E-state index in [1.54, 1.807) is 0 Å². The van der Waals surface area contributed by atoms with E-state index in [1.807, 2.05) is 6.26 Å².